The molecule has 0 aliphatic heterocycles. The van der Waals surface area contributed by atoms with Crippen LogP contribution < -0.4 is 29.3 Å². The van der Waals surface area contributed by atoms with Crippen molar-refractivity contribution >= 4 is 72.1 Å². The summed E-state index contributed by atoms with van der Waals surface area (Å²) < 4.78 is 6.83. The average Bonchev–Trinajstić information content (AvgIpc) is 1.11. The van der Waals surface area contributed by atoms with Crippen LogP contribution in [0.5, 0.6) is 0 Å². The Kier molecular flexibility index (Phi) is 20.1. The molecule has 0 saturated carbocycles. The molecule has 0 bridgehead atoms. The number of nitrogens with zero attached hydrogens (tertiary/aromatic N) is 3. The lowest BCUT2D eigenvalue weighted by Gasteiger charge is -2.42. The number of aromatic nitrogens is 3. The van der Waals surface area contributed by atoms with Crippen LogP contribution in [-0.2, 0) is 21.1 Å². The molecule has 0 aliphatic carbocycles. The summed E-state index contributed by atoms with van der Waals surface area (Å²) in [5, 5.41) is 14.1. The molecule has 0 unspecified atom stereocenters. The molecule has 0 saturated heterocycles. The van der Waals surface area contributed by atoms with Crippen LogP contribution in [-0.4, -0.2) is 24.2 Å². The second-order valence-electron chi connectivity index (χ2n) is 28.2. The van der Waals surface area contributed by atoms with Gasteiger partial charge in [0.25, 0.3) is 0 Å². The van der Waals surface area contributed by atoms with Gasteiger partial charge in [0, 0.05) is 29.3 Å². The predicted octanol–water partition coefficient (Wildman–Crippen LogP) is 19.3. The monoisotopic (exact) mass is 1170 g/mol. The number of hydrogen-bond donors (Lipinski definition) is 0. The number of pyridine rings is 3. The van der Waals surface area contributed by atoms with Crippen molar-refractivity contribution in [2.24, 2.45) is 21.1 Å². The van der Waals surface area contributed by atoms with Crippen LogP contribution in [0.3, 0.4) is 0 Å². The maximum absolute atomic E-state index is 2.52. The molecule has 3 nitrogen and oxygen atoms in total. The van der Waals surface area contributed by atoms with Gasteiger partial charge in [0.05, 0.1) is 45.9 Å². The number of benzene rings is 6. The van der Waals surface area contributed by atoms with Crippen molar-refractivity contribution in [3.63, 3.8) is 0 Å². The minimum absolute atomic E-state index is 0.358. The van der Waals surface area contributed by atoms with Crippen LogP contribution in [0.2, 0.25) is 51.4 Å². The van der Waals surface area contributed by atoms with Gasteiger partial charge in [-0.15, -0.1) is 0 Å². The van der Waals surface area contributed by atoms with Gasteiger partial charge >= 0.3 is 0 Å². The van der Waals surface area contributed by atoms with Gasteiger partial charge in [0.1, 0.15) is 21.1 Å². The second-order valence-corrected chi connectivity index (χ2v) is 45.2. The fourth-order valence-electron chi connectivity index (χ4n) is 15.6. The van der Waals surface area contributed by atoms with E-state index in [0.29, 0.717) is 15.1 Å². The van der Waals surface area contributed by atoms with Gasteiger partial charge in [-0.25, -0.2) is 13.7 Å². The Morgan fingerprint density at radius 3 is 1.01 bits per heavy atom. The normalized spacial score (nSPS) is 12.6. The van der Waals surface area contributed by atoms with Crippen molar-refractivity contribution in [3.05, 3.63) is 179 Å². The molecule has 3 heterocycles. The van der Waals surface area contributed by atoms with Crippen molar-refractivity contribution in [1.29, 1.82) is 0 Å². The molecule has 6 aromatic carbocycles. The first-order valence-corrected chi connectivity index (χ1v) is 39.2. The van der Waals surface area contributed by atoms with E-state index in [1.165, 1.54) is 136 Å². The van der Waals surface area contributed by atoms with Gasteiger partial charge in [-0.1, -0.05) is 240 Å². The highest BCUT2D eigenvalue weighted by atomic mass is 28.3. The zero-order valence-corrected chi connectivity index (χ0v) is 59.9. The number of hydrogen-bond acceptors (Lipinski definition) is 0. The van der Waals surface area contributed by atoms with Crippen LogP contribution in [0.15, 0.2) is 146 Å². The van der Waals surface area contributed by atoms with E-state index in [2.05, 4.69) is 326 Å². The Morgan fingerprint density at radius 1 is 0.321 bits per heavy atom. The third-order valence-corrected chi connectivity index (χ3v) is 41.2. The Balaban J connectivity index is 0.000000181. The first-order chi connectivity index (χ1) is 39.4. The summed E-state index contributed by atoms with van der Waals surface area (Å²) in [5.41, 5.74) is 16.0. The Morgan fingerprint density at radius 2 is 0.655 bits per heavy atom. The summed E-state index contributed by atoms with van der Waals surface area (Å²) in [6.45, 7) is 49.7. The van der Waals surface area contributed by atoms with Crippen molar-refractivity contribution in [1.82, 2.24) is 0 Å². The number of rotatable bonds is 12. The largest absolute Gasteiger partial charge is 0.220 e. The molecule has 0 radical (unpaired) electrons. The highest BCUT2D eigenvalue weighted by Gasteiger charge is 2.45. The fraction of sp³-hybridized carbons (Fsp3) is 0.423. The molecular formula is C78H108N3Si3+3. The van der Waals surface area contributed by atoms with Gasteiger partial charge in [-0.05, 0) is 131 Å². The minimum atomic E-state index is -1.58. The highest BCUT2D eigenvalue weighted by Crippen LogP contribution is 2.45. The molecule has 444 valence electrons. The van der Waals surface area contributed by atoms with Crippen LogP contribution in [0.1, 0.15) is 137 Å². The van der Waals surface area contributed by atoms with Gasteiger partial charge in [-0.3, -0.25) is 0 Å². The first-order valence-electron chi connectivity index (χ1n) is 32.0. The molecule has 0 spiro atoms. The highest BCUT2D eigenvalue weighted by molar-refractivity contribution is 6.95. The lowest BCUT2D eigenvalue weighted by molar-refractivity contribution is -0.659. The van der Waals surface area contributed by atoms with Gasteiger partial charge in [-0.2, -0.15) is 0 Å². The molecule has 0 N–H and O–H groups in total. The van der Waals surface area contributed by atoms with E-state index in [9.17, 15) is 0 Å². The lowest BCUT2D eigenvalue weighted by atomic mass is 9.94. The van der Waals surface area contributed by atoms with Crippen LogP contribution in [0, 0.1) is 41.5 Å². The van der Waals surface area contributed by atoms with E-state index in [4.69, 9.17) is 0 Å². The maximum Gasteiger partial charge on any atom is 0.220 e. The van der Waals surface area contributed by atoms with Gasteiger partial charge in [0.15, 0.2) is 18.6 Å². The van der Waals surface area contributed by atoms with E-state index < -0.39 is 24.2 Å². The smallest absolute Gasteiger partial charge is 0.200 e. The standard InChI is InChI=1S/C27H38NSi.C26H36NSi.C25H34NSi/c1-10-29(11-2,27(6,7)8)23-12-13-24-22(18-23)14-15-28(9)26(24)25-17-19(3)16-20(4)21(25)5;1-9-28(10-2,26(5,6)7)22-13-14-23-21(18-22)15-16-27(8)25(23)24-17-19(3)11-12-20(24)4;1-8-27(9-2,25(4,5)6)21-14-15-23-20(18-21)16-17-26(7)24(23)22-13-11-10-12-19(22)3/h12-18H,10-11H2,1-9H3;11-18H,9-10H2,1-8H3;10-18H,8-9H2,1-7H3/q3*+1. The lowest BCUT2D eigenvalue weighted by Crippen LogP contribution is -2.53. The third kappa shape index (κ3) is 12.3. The number of aryl methyl sites for hydroxylation is 8. The molecule has 9 aromatic rings. The Hall–Kier alpha value is -5.80. The summed E-state index contributed by atoms with van der Waals surface area (Å²) in [4.78, 5) is 0. The molecule has 9 rings (SSSR count). The van der Waals surface area contributed by atoms with E-state index >= 15 is 0 Å². The summed E-state index contributed by atoms with van der Waals surface area (Å²) in [6, 6.07) is 56.8. The van der Waals surface area contributed by atoms with Gasteiger partial charge < -0.3 is 0 Å². The van der Waals surface area contributed by atoms with E-state index in [1.54, 1.807) is 15.6 Å². The first kappa shape index (κ1) is 65.7. The zero-order valence-electron chi connectivity index (χ0n) is 56.9. The molecule has 0 amide bonds. The zero-order chi connectivity index (χ0) is 62.1. The van der Waals surface area contributed by atoms with E-state index in [-0.39, 0.29) is 0 Å². The Labute approximate surface area is 513 Å². The summed E-state index contributed by atoms with van der Waals surface area (Å²) >= 11 is 0. The molecule has 0 aliphatic rings. The quantitative estimate of drug-likeness (QED) is 0.0853. The average molecular weight is 1170 g/mol. The summed E-state index contributed by atoms with van der Waals surface area (Å²) in [7, 11) is 1.76. The van der Waals surface area contributed by atoms with Crippen molar-refractivity contribution < 1.29 is 13.7 Å². The third-order valence-electron chi connectivity index (χ3n) is 21.1. The molecule has 3 aromatic heterocycles. The van der Waals surface area contributed by atoms with Crippen molar-refractivity contribution in [3.8, 4) is 33.8 Å². The maximum atomic E-state index is 2.52. The van der Waals surface area contributed by atoms with Crippen LogP contribution in [0.25, 0.3) is 66.1 Å². The van der Waals surface area contributed by atoms with Crippen LogP contribution in [0.4, 0.5) is 0 Å². The summed E-state index contributed by atoms with van der Waals surface area (Å²) in [6.07, 6.45) is 6.67. The molecule has 84 heavy (non-hydrogen) atoms. The van der Waals surface area contributed by atoms with Crippen molar-refractivity contribution in [2.75, 3.05) is 0 Å². The predicted molar refractivity (Wildman–Crippen MR) is 378 cm³/mol. The van der Waals surface area contributed by atoms with E-state index in [0.717, 1.165) is 0 Å². The molecular weight excluding hydrogens is 1060 g/mol. The number of fused-ring (bicyclic) bond motifs is 3. The Bertz CT molecular complexity index is 3810. The minimum Gasteiger partial charge on any atom is -0.200 e. The SMILES string of the molecule is CC[Si](CC)(c1ccc2c(-c3cc(C)cc(C)c3C)[n+](C)ccc2c1)C(C)(C)C.CC[Si](CC)(c1ccc2c(-c3cc(C)ccc3C)[n+](C)ccc2c1)C(C)(C)C.CC[Si](CC)(c1ccc2c(-c3ccccc3C)[n+](C)ccc2c1)C(C)(C)C. The second kappa shape index (κ2) is 25.6. The van der Waals surface area contributed by atoms with Crippen molar-refractivity contribution in [2.45, 2.75) is 197 Å². The molecule has 0 fully saturated rings. The summed E-state index contributed by atoms with van der Waals surface area (Å²) in [5.74, 6) is 0. The van der Waals surface area contributed by atoms with Crippen LogP contribution >= 0.6 is 0 Å². The fourth-order valence-corrected chi connectivity index (χ4v) is 31.0. The van der Waals surface area contributed by atoms with E-state index in [1.807, 2.05) is 0 Å². The molecule has 0 atom stereocenters. The molecule has 6 heteroatoms. The van der Waals surface area contributed by atoms with Gasteiger partial charge in [0.2, 0.25) is 17.1 Å². The topological polar surface area (TPSA) is 11.6 Å².